The Labute approximate surface area is 104 Å². The van der Waals surface area contributed by atoms with Gasteiger partial charge in [-0.1, -0.05) is 19.3 Å². The molecule has 4 heteroatoms. The van der Waals surface area contributed by atoms with Gasteiger partial charge in [0.2, 0.25) is 0 Å². The largest absolute Gasteiger partial charge is 0.469 e. The monoisotopic (exact) mass is 243 g/mol. The van der Waals surface area contributed by atoms with Crippen molar-refractivity contribution in [3.8, 4) is 0 Å². The molecule has 0 atom stereocenters. The number of methoxy groups -OCH3 is 1. The van der Waals surface area contributed by atoms with Crippen molar-refractivity contribution in [3.05, 3.63) is 0 Å². The molecule has 0 spiro atoms. The molecule has 0 unspecified atom stereocenters. The van der Waals surface area contributed by atoms with Gasteiger partial charge in [0.05, 0.1) is 18.1 Å². The minimum Gasteiger partial charge on any atom is -0.469 e. The minimum absolute atomic E-state index is 0.222. The van der Waals surface area contributed by atoms with Crippen molar-refractivity contribution in [1.82, 2.24) is 5.32 Å². The van der Waals surface area contributed by atoms with Crippen molar-refractivity contribution in [2.45, 2.75) is 51.6 Å². The first-order valence-corrected chi connectivity index (χ1v) is 6.41. The lowest BCUT2D eigenvalue weighted by molar-refractivity contribution is -0.150. The molecule has 0 amide bonds. The molecule has 0 aromatic rings. The molecule has 0 heterocycles. The zero-order chi connectivity index (χ0) is 12.9. The first-order chi connectivity index (χ1) is 7.90. The summed E-state index contributed by atoms with van der Waals surface area (Å²) in [5.74, 6) is -0.222. The molecule has 1 rings (SSSR count). The van der Waals surface area contributed by atoms with Crippen LogP contribution in [0.1, 0.15) is 46.0 Å². The molecule has 0 aromatic heterocycles. The molecule has 2 N–H and O–H groups in total. The van der Waals surface area contributed by atoms with Crippen molar-refractivity contribution in [2.75, 3.05) is 20.2 Å². The van der Waals surface area contributed by atoms with Gasteiger partial charge in [-0.05, 0) is 26.7 Å². The van der Waals surface area contributed by atoms with Crippen LogP contribution in [0.25, 0.3) is 0 Å². The van der Waals surface area contributed by atoms with Crippen molar-refractivity contribution in [2.24, 2.45) is 5.41 Å². The number of rotatable bonds is 5. The van der Waals surface area contributed by atoms with Gasteiger partial charge in [0.1, 0.15) is 0 Å². The van der Waals surface area contributed by atoms with Crippen LogP contribution in [0.15, 0.2) is 0 Å². The Bertz CT molecular complexity index is 257. The molecule has 1 fully saturated rings. The second-order valence-corrected chi connectivity index (χ2v) is 5.76. The first kappa shape index (κ1) is 14.5. The van der Waals surface area contributed by atoms with Crippen molar-refractivity contribution < 1.29 is 14.6 Å². The van der Waals surface area contributed by atoms with E-state index in [9.17, 15) is 9.90 Å². The fourth-order valence-electron chi connectivity index (χ4n) is 2.34. The third-order valence-corrected chi connectivity index (χ3v) is 3.54. The van der Waals surface area contributed by atoms with Gasteiger partial charge in [-0.2, -0.15) is 0 Å². The fourth-order valence-corrected chi connectivity index (χ4v) is 2.34. The van der Waals surface area contributed by atoms with E-state index in [4.69, 9.17) is 4.74 Å². The Balaban J connectivity index is 2.33. The predicted molar refractivity (Wildman–Crippen MR) is 66.7 cm³/mol. The average Bonchev–Trinajstić information content (AvgIpc) is 2.28. The van der Waals surface area contributed by atoms with Crippen LogP contribution in [0.3, 0.4) is 0 Å². The summed E-state index contributed by atoms with van der Waals surface area (Å²) in [7, 11) is 1.40. The third kappa shape index (κ3) is 4.28. The van der Waals surface area contributed by atoms with E-state index in [1.807, 2.05) is 13.8 Å². The number of hydrogen-bond acceptors (Lipinski definition) is 4. The van der Waals surface area contributed by atoms with E-state index in [1.54, 1.807) is 0 Å². The van der Waals surface area contributed by atoms with Crippen molar-refractivity contribution in [1.29, 1.82) is 0 Å². The molecule has 0 aromatic carbocycles. The molecule has 0 radical (unpaired) electrons. The topological polar surface area (TPSA) is 58.6 Å². The van der Waals surface area contributed by atoms with Crippen LogP contribution in [0.4, 0.5) is 0 Å². The minimum atomic E-state index is -0.579. The van der Waals surface area contributed by atoms with Gasteiger partial charge in [-0.15, -0.1) is 0 Å². The highest BCUT2D eigenvalue weighted by atomic mass is 16.5. The molecule has 1 aliphatic rings. The fraction of sp³-hybridized carbons (Fsp3) is 0.923. The van der Waals surface area contributed by atoms with E-state index in [-0.39, 0.29) is 5.97 Å². The Morgan fingerprint density at radius 2 is 1.94 bits per heavy atom. The van der Waals surface area contributed by atoms with Gasteiger partial charge in [0, 0.05) is 13.1 Å². The van der Waals surface area contributed by atoms with Gasteiger partial charge in [-0.3, -0.25) is 4.79 Å². The van der Waals surface area contributed by atoms with E-state index in [0.29, 0.717) is 13.1 Å². The maximum Gasteiger partial charge on any atom is 0.312 e. The lowest BCUT2D eigenvalue weighted by atomic mass is 9.84. The zero-order valence-electron chi connectivity index (χ0n) is 11.2. The Hall–Kier alpha value is -0.610. The summed E-state index contributed by atoms with van der Waals surface area (Å²) in [6.07, 6.45) is 5.13. The Kier molecular flexibility index (Phi) is 4.95. The molecule has 1 saturated carbocycles. The van der Waals surface area contributed by atoms with Crippen LogP contribution in [-0.2, 0) is 9.53 Å². The van der Waals surface area contributed by atoms with Gasteiger partial charge < -0.3 is 15.2 Å². The van der Waals surface area contributed by atoms with Gasteiger partial charge >= 0.3 is 5.97 Å². The Morgan fingerprint density at radius 1 is 1.35 bits per heavy atom. The van der Waals surface area contributed by atoms with Crippen molar-refractivity contribution >= 4 is 5.97 Å². The van der Waals surface area contributed by atoms with Crippen LogP contribution < -0.4 is 5.32 Å². The normalized spacial score (nSPS) is 20.0. The molecule has 0 saturated heterocycles. The molecule has 1 aliphatic carbocycles. The second kappa shape index (κ2) is 5.83. The number of carbonyl (C=O) groups is 1. The number of hydrogen-bond donors (Lipinski definition) is 2. The highest BCUT2D eigenvalue weighted by Gasteiger charge is 2.32. The van der Waals surface area contributed by atoms with Crippen LogP contribution in [0.2, 0.25) is 0 Å². The molecule has 4 nitrogen and oxygen atoms in total. The lowest BCUT2D eigenvalue weighted by Gasteiger charge is -2.33. The van der Waals surface area contributed by atoms with Gasteiger partial charge in [-0.25, -0.2) is 0 Å². The molecule has 0 aliphatic heterocycles. The molecule has 100 valence electrons. The summed E-state index contributed by atoms with van der Waals surface area (Å²) in [5, 5.41) is 13.5. The summed E-state index contributed by atoms with van der Waals surface area (Å²) in [6, 6.07) is 0. The molecular weight excluding hydrogens is 218 g/mol. The number of esters is 1. The third-order valence-electron chi connectivity index (χ3n) is 3.54. The van der Waals surface area contributed by atoms with Crippen molar-refractivity contribution in [3.63, 3.8) is 0 Å². The predicted octanol–water partition coefficient (Wildman–Crippen LogP) is 1.47. The summed E-state index contributed by atoms with van der Waals surface area (Å²) in [4.78, 5) is 11.5. The van der Waals surface area contributed by atoms with E-state index in [1.165, 1.54) is 13.5 Å². The Morgan fingerprint density at radius 3 is 2.47 bits per heavy atom. The number of ether oxygens (including phenoxy) is 1. The smallest absolute Gasteiger partial charge is 0.312 e. The van der Waals surface area contributed by atoms with E-state index in [2.05, 4.69) is 5.32 Å². The van der Waals surface area contributed by atoms with Crippen LogP contribution in [-0.4, -0.2) is 36.9 Å². The maximum absolute atomic E-state index is 11.5. The van der Waals surface area contributed by atoms with Gasteiger partial charge in [0.25, 0.3) is 0 Å². The number of nitrogens with one attached hydrogen (secondary N) is 1. The molecular formula is C13H25NO3. The number of carbonyl (C=O) groups excluding carboxylic acids is 1. The van der Waals surface area contributed by atoms with E-state index in [0.717, 1.165) is 25.7 Å². The summed E-state index contributed by atoms with van der Waals surface area (Å²) >= 11 is 0. The second-order valence-electron chi connectivity index (χ2n) is 5.76. The van der Waals surface area contributed by atoms with E-state index < -0.39 is 11.0 Å². The van der Waals surface area contributed by atoms with E-state index >= 15 is 0 Å². The standard InChI is InChI=1S/C13H25NO3/c1-12(2,11(15)17-3)9-14-10-13(16)7-5-4-6-8-13/h14,16H,4-10H2,1-3H3. The number of aliphatic hydroxyl groups is 1. The lowest BCUT2D eigenvalue weighted by Crippen LogP contribution is -2.46. The van der Waals surface area contributed by atoms with Crippen LogP contribution in [0, 0.1) is 5.41 Å². The van der Waals surface area contributed by atoms with Crippen LogP contribution >= 0.6 is 0 Å². The van der Waals surface area contributed by atoms with Gasteiger partial charge in [0.15, 0.2) is 0 Å². The first-order valence-electron chi connectivity index (χ1n) is 6.41. The average molecular weight is 243 g/mol. The quantitative estimate of drug-likeness (QED) is 0.718. The SMILES string of the molecule is COC(=O)C(C)(C)CNCC1(O)CCCCC1. The maximum atomic E-state index is 11.5. The highest BCUT2D eigenvalue weighted by Crippen LogP contribution is 2.27. The molecule has 0 bridgehead atoms. The summed E-state index contributed by atoms with van der Waals surface area (Å²) < 4.78 is 4.74. The highest BCUT2D eigenvalue weighted by molar-refractivity contribution is 5.76. The summed E-state index contributed by atoms with van der Waals surface area (Å²) in [5.41, 5.74) is -1.12. The summed E-state index contributed by atoms with van der Waals surface area (Å²) in [6.45, 7) is 4.78. The molecule has 17 heavy (non-hydrogen) atoms. The zero-order valence-corrected chi connectivity index (χ0v) is 11.2. The van der Waals surface area contributed by atoms with Crippen LogP contribution in [0.5, 0.6) is 0 Å².